The molecule has 0 bridgehead atoms. The summed E-state index contributed by atoms with van der Waals surface area (Å²) in [4.78, 5) is 29.1. The fourth-order valence-corrected chi connectivity index (χ4v) is 3.38. The molecule has 4 aromatic rings. The minimum Gasteiger partial charge on any atom is -0.502 e. The number of aromatic hydroxyl groups is 2. The summed E-state index contributed by atoms with van der Waals surface area (Å²) in [5.41, 5.74) is 5.92. The number of anilines is 4. The monoisotopic (exact) mass is 559 g/mol. The molecular formula is C25H21N9O7. The minimum atomic E-state index is -0.701. The van der Waals surface area contributed by atoms with Crippen LogP contribution in [0, 0.1) is 20.2 Å². The lowest BCUT2D eigenvalue weighted by atomic mass is 10.2. The first kappa shape index (κ1) is 27.7. The van der Waals surface area contributed by atoms with Crippen molar-refractivity contribution in [2.45, 2.75) is 0 Å². The molecule has 5 N–H and O–H groups in total. The van der Waals surface area contributed by atoms with Crippen molar-refractivity contribution in [1.82, 2.24) is 9.97 Å². The van der Waals surface area contributed by atoms with Crippen LogP contribution in [0.5, 0.6) is 17.2 Å². The number of para-hydroxylation sites is 2. The highest BCUT2D eigenvalue weighted by Crippen LogP contribution is 2.28. The van der Waals surface area contributed by atoms with E-state index in [2.05, 4.69) is 36.3 Å². The number of rotatable bonds is 11. The van der Waals surface area contributed by atoms with Crippen molar-refractivity contribution >= 4 is 47.1 Å². The lowest BCUT2D eigenvalue weighted by Crippen LogP contribution is -2.05. The fraction of sp³-hybridized carbons (Fsp3) is 0.0400. The van der Waals surface area contributed by atoms with E-state index in [1.54, 1.807) is 24.3 Å². The summed E-state index contributed by atoms with van der Waals surface area (Å²) in [7, 11) is 1.52. The maximum atomic E-state index is 10.9. The van der Waals surface area contributed by atoms with Crippen molar-refractivity contribution in [1.29, 1.82) is 0 Å². The van der Waals surface area contributed by atoms with Crippen molar-refractivity contribution in [3.05, 3.63) is 98.1 Å². The summed E-state index contributed by atoms with van der Waals surface area (Å²) in [5, 5.41) is 52.6. The SMILES string of the molecule is COc1ccccc1Nc1nc(NN=Cc2ccc([N+](=O)[O-])c(O)c2)cc(NN=Cc2ccc([N+](=O)[O-])c(O)c2)n1. The molecule has 3 aromatic carbocycles. The van der Waals surface area contributed by atoms with Crippen LogP contribution in [-0.2, 0) is 0 Å². The first-order valence-electron chi connectivity index (χ1n) is 11.6. The number of nitrogens with one attached hydrogen (secondary N) is 3. The number of hydrogen-bond acceptors (Lipinski definition) is 14. The van der Waals surface area contributed by atoms with Gasteiger partial charge < -0.3 is 20.3 Å². The average Bonchev–Trinajstić information content (AvgIpc) is 2.93. The largest absolute Gasteiger partial charge is 0.502 e. The highest BCUT2D eigenvalue weighted by atomic mass is 16.6. The van der Waals surface area contributed by atoms with Crippen LogP contribution in [0.25, 0.3) is 0 Å². The third-order valence-corrected chi connectivity index (χ3v) is 5.26. The molecule has 16 heteroatoms. The van der Waals surface area contributed by atoms with Crippen LogP contribution in [0.4, 0.5) is 34.6 Å². The molecule has 41 heavy (non-hydrogen) atoms. The second-order valence-electron chi connectivity index (χ2n) is 8.04. The van der Waals surface area contributed by atoms with Gasteiger partial charge >= 0.3 is 11.4 Å². The van der Waals surface area contributed by atoms with E-state index >= 15 is 0 Å². The molecule has 0 spiro atoms. The van der Waals surface area contributed by atoms with Crippen LogP contribution in [0.15, 0.2) is 76.9 Å². The molecule has 16 nitrogen and oxygen atoms in total. The van der Waals surface area contributed by atoms with E-state index in [1.807, 2.05) is 0 Å². The van der Waals surface area contributed by atoms with Gasteiger partial charge in [0.15, 0.2) is 23.1 Å². The molecule has 0 unspecified atom stereocenters. The van der Waals surface area contributed by atoms with Crippen LogP contribution in [0.3, 0.4) is 0 Å². The number of ether oxygens (including phenoxy) is 1. The lowest BCUT2D eigenvalue weighted by molar-refractivity contribution is -0.386. The number of phenols is 2. The number of methoxy groups -OCH3 is 1. The van der Waals surface area contributed by atoms with Gasteiger partial charge in [0.2, 0.25) is 5.95 Å². The van der Waals surface area contributed by atoms with Gasteiger partial charge in [0.25, 0.3) is 0 Å². The van der Waals surface area contributed by atoms with Gasteiger partial charge in [-0.05, 0) is 47.5 Å². The van der Waals surface area contributed by atoms with Gasteiger partial charge in [0.1, 0.15) is 5.75 Å². The molecular weight excluding hydrogens is 538 g/mol. The van der Waals surface area contributed by atoms with E-state index in [0.717, 1.165) is 12.1 Å². The summed E-state index contributed by atoms with van der Waals surface area (Å²) < 4.78 is 5.35. The van der Waals surface area contributed by atoms with E-state index in [-0.39, 0.29) is 17.6 Å². The molecule has 0 amide bonds. The summed E-state index contributed by atoms with van der Waals surface area (Å²) in [6, 6.07) is 16.1. The van der Waals surface area contributed by atoms with Crippen molar-refractivity contribution in [2.75, 3.05) is 23.3 Å². The Balaban J connectivity index is 1.57. The summed E-state index contributed by atoms with van der Waals surface area (Å²) >= 11 is 0. The van der Waals surface area contributed by atoms with Crippen LogP contribution in [-0.4, -0.2) is 49.6 Å². The standard InChI is InChI=1S/C25H21N9O7/c1-41-22-5-3-2-4-17(22)28-25-29-23(31-26-13-15-6-8-18(33(37)38)20(35)10-15)12-24(30-25)32-27-14-16-7-9-19(34(39)40)21(36)11-16/h2-14,35-36H,1H3,(H3,28,29,30,31,32). The zero-order valence-electron chi connectivity index (χ0n) is 21.1. The summed E-state index contributed by atoms with van der Waals surface area (Å²) in [6.07, 6.45) is 2.65. The molecule has 0 aliphatic heterocycles. The van der Waals surface area contributed by atoms with E-state index in [4.69, 9.17) is 4.74 Å². The number of phenolic OH excluding ortho intramolecular Hbond substituents is 2. The Bertz CT molecular complexity index is 1570. The molecule has 0 aliphatic carbocycles. The zero-order valence-corrected chi connectivity index (χ0v) is 21.1. The van der Waals surface area contributed by atoms with Gasteiger partial charge in [0, 0.05) is 18.2 Å². The van der Waals surface area contributed by atoms with Gasteiger partial charge in [-0.3, -0.25) is 31.1 Å². The smallest absolute Gasteiger partial charge is 0.310 e. The number of hydrazone groups is 2. The molecule has 0 saturated heterocycles. The Morgan fingerprint density at radius 2 is 1.32 bits per heavy atom. The first-order valence-corrected chi connectivity index (χ1v) is 11.6. The molecule has 0 fully saturated rings. The topological polar surface area (TPSA) is 223 Å². The zero-order chi connectivity index (χ0) is 29.4. The Hall–Kier alpha value is -6.32. The summed E-state index contributed by atoms with van der Waals surface area (Å²) in [6.45, 7) is 0. The third kappa shape index (κ3) is 7.17. The number of aromatic nitrogens is 2. The van der Waals surface area contributed by atoms with Gasteiger partial charge in [-0.2, -0.15) is 20.2 Å². The first-order chi connectivity index (χ1) is 19.7. The molecule has 0 radical (unpaired) electrons. The molecule has 0 saturated carbocycles. The number of nitro benzene ring substituents is 2. The van der Waals surface area contributed by atoms with Crippen molar-refractivity contribution in [3.63, 3.8) is 0 Å². The molecule has 1 heterocycles. The summed E-state index contributed by atoms with van der Waals surface area (Å²) in [5.74, 6) is 0.0881. The lowest BCUT2D eigenvalue weighted by Gasteiger charge is -2.11. The van der Waals surface area contributed by atoms with E-state index in [0.29, 0.717) is 22.6 Å². The Morgan fingerprint density at radius 3 is 1.78 bits per heavy atom. The van der Waals surface area contributed by atoms with Crippen molar-refractivity contribution < 1.29 is 24.8 Å². The quantitative estimate of drug-likeness (QED) is 0.0982. The van der Waals surface area contributed by atoms with Crippen molar-refractivity contribution in [2.24, 2.45) is 10.2 Å². The maximum Gasteiger partial charge on any atom is 0.310 e. The second kappa shape index (κ2) is 12.5. The van der Waals surface area contributed by atoms with E-state index in [9.17, 15) is 30.4 Å². The molecule has 4 rings (SSSR count). The van der Waals surface area contributed by atoms with Crippen LogP contribution in [0.2, 0.25) is 0 Å². The highest BCUT2D eigenvalue weighted by Gasteiger charge is 2.13. The average molecular weight is 559 g/mol. The van der Waals surface area contributed by atoms with E-state index in [1.165, 1.54) is 49.9 Å². The fourth-order valence-electron chi connectivity index (χ4n) is 3.38. The van der Waals surface area contributed by atoms with Gasteiger partial charge in [-0.25, -0.2) is 0 Å². The normalized spacial score (nSPS) is 11.0. The predicted molar refractivity (Wildman–Crippen MR) is 150 cm³/mol. The Morgan fingerprint density at radius 1 is 0.805 bits per heavy atom. The highest BCUT2D eigenvalue weighted by molar-refractivity contribution is 5.82. The van der Waals surface area contributed by atoms with Gasteiger partial charge in [-0.15, -0.1) is 0 Å². The van der Waals surface area contributed by atoms with Crippen LogP contribution < -0.4 is 20.9 Å². The molecule has 1 aromatic heterocycles. The van der Waals surface area contributed by atoms with Crippen molar-refractivity contribution in [3.8, 4) is 17.2 Å². The molecule has 0 aliphatic rings. The number of nitrogens with zero attached hydrogens (tertiary/aromatic N) is 6. The number of nitro groups is 2. The minimum absolute atomic E-state index is 0.133. The van der Waals surface area contributed by atoms with Crippen LogP contribution in [0.1, 0.15) is 11.1 Å². The molecule has 0 atom stereocenters. The molecule has 208 valence electrons. The second-order valence-corrected chi connectivity index (χ2v) is 8.04. The predicted octanol–water partition coefficient (Wildman–Crippen LogP) is 4.35. The van der Waals surface area contributed by atoms with Crippen LogP contribution >= 0.6 is 0 Å². The number of benzene rings is 3. The number of hydrogen-bond donors (Lipinski definition) is 5. The Kier molecular flexibility index (Phi) is 8.44. The van der Waals surface area contributed by atoms with Gasteiger partial charge in [0.05, 0.1) is 35.1 Å². The maximum absolute atomic E-state index is 10.9. The van der Waals surface area contributed by atoms with Gasteiger partial charge in [-0.1, -0.05) is 12.1 Å². The Labute approximate surface area is 231 Å². The third-order valence-electron chi connectivity index (χ3n) is 5.26. The van der Waals surface area contributed by atoms with E-state index < -0.39 is 32.7 Å².